The monoisotopic (exact) mass is 295 g/mol. The molecule has 0 saturated heterocycles. The first kappa shape index (κ1) is 14.5. The number of carbonyl (C=O) groups is 1. The molecule has 1 aromatic carbocycles. The predicted molar refractivity (Wildman–Crippen MR) is 76.7 cm³/mol. The number of hydrogen-bond donors (Lipinski definition) is 1. The van der Waals surface area contributed by atoms with Gasteiger partial charge in [0.05, 0.1) is 5.02 Å². The Morgan fingerprint density at radius 2 is 2.10 bits per heavy atom. The van der Waals surface area contributed by atoms with E-state index >= 15 is 0 Å². The minimum absolute atomic E-state index is 0.0355. The molecule has 0 unspecified atom stereocenters. The second-order valence-corrected chi connectivity index (χ2v) is 5.22. The number of benzene rings is 1. The summed E-state index contributed by atoms with van der Waals surface area (Å²) in [7, 11) is 1.79. The van der Waals surface area contributed by atoms with Gasteiger partial charge in [0.1, 0.15) is 5.82 Å². The van der Waals surface area contributed by atoms with E-state index in [-0.39, 0.29) is 16.8 Å². The van der Waals surface area contributed by atoms with E-state index in [4.69, 9.17) is 11.6 Å². The van der Waals surface area contributed by atoms with Crippen molar-refractivity contribution in [1.82, 2.24) is 9.78 Å². The molecule has 4 nitrogen and oxygen atoms in total. The van der Waals surface area contributed by atoms with Crippen LogP contribution in [-0.2, 0) is 7.05 Å². The average molecular weight is 296 g/mol. The SMILES string of the molecule is CC(C)c1cc(C(=O)Nc2ccc(F)c(Cl)c2)nn1C. The normalized spacial score (nSPS) is 10.9. The summed E-state index contributed by atoms with van der Waals surface area (Å²) in [4.78, 5) is 12.1. The number of anilines is 1. The number of nitrogens with zero attached hydrogens (tertiary/aromatic N) is 2. The Bertz CT molecular complexity index is 652. The van der Waals surface area contributed by atoms with Gasteiger partial charge < -0.3 is 5.32 Å². The topological polar surface area (TPSA) is 46.9 Å². The first-order valence-corrected chi connectivity index (χ1v) is 6.56. The summed E-state index contributed by atoms with van der Waals surface area (Å²) in [5.74, 6) is -0.603. The van der Waals surface area contributed by atoms with Gasteiger partial charge in [0.2, 0.25) is 0 Å². The third-order valence-corrected chi connectivity index (χ3v) is 3.21. The summed E-state index contributed by atoms with van der Waals surface area (Å²) in [6, 6.07) is 5.76. The van der Waals surface area contributed by atoms with Crippen LogP contribution in [0.25, 0.3) is 0 Å². The zero-order valence-electron chi connectivity index (χ0n) is 11.4. The average Bonchev–Trinajstić information content (AvgIpc) is 2.76. The molecule has 0 fully saturated rings. The maximum atomic E-state index is 13.0. The highest BCUT2D eigenvalue weighted by Gasteiger charge is 2.15. The molecule has 0 atom stereocenters. The molecular weight excluding hydrogens is 281 g/mol. The molecule has 20 heavy (non-hydrogen) atoms. The van der Waals surface area contributed by atoms with Crippen molar-refractivity contribution in [2.75, 3.05) is 5.32 Å². The Balaban J connectivity index is 2.19. The van der Waals surface area contributed by atoms with Crippen LogP contribution in [0.4, 0.5) is 10.1 Å². The second kappa shape index (κ2) is 5.63. The molecular formula is C14H15ClFN3O. The lowest BCUT2D eigenvalue weighted by Crippen LogP contribution is -2.13. The van der Waals surface area contributed by atoms with Crippen LogP contribution in [0, 0.1) is 5.82 Å². The maximum Gasteiger partial charge on any atom is 0.276 e. The van der Waals surface area contributed by atoms with E-state index < -0.39 is 5.82 Å². The highest BCUT2D eigenvalue weighted by Crippen LogP contribution is 2.20. The molecule has 0 saturated carbocycles. The lowest BCUT2D eigenvalue weighted by molar-refractivity contribution is 0.102. The van der Waals surface area contributed by atoms with Crippen LogP contribution in [0.2, 0.25) is 5.02 Å². The Morgan fingerprint density at radius 3 is 2.65 bits per heavy atom. The van der Waals surface area contributed by atoms with E-state index in [2.05, 4.69) is 10.4 Å². The molecule has 0 spiro atoms. The second-order valence-electron chi connectivity index (χ2n) is 4.82. The van der Waals surface area contributed by atoms with E-state index in [1.165, 1.54) is 18.2 Å². The highest BCUT2D eigenvalue weighted by molar-refractivity contribution is 6.31. The number of halogens is 2. The Hall–Kier alpha value is -1.88. The maximum absolute atomic E-state index is 13.0. The molecule has 1 N–H and O–H groups in total. The summed E-state index contributed by atoms with van der Waals surface area (Å²) in [5, 5.41) is 6.77. The van der Waals surface area contributed by atoms with Crippen LogP contribution in [0.1, 0.15) is 35.9 Å². The lowest BCUT2D eigenvalue weighted by Gasteiger charge is -2.03. The molecule has 2 rings (SSSR count). The van der Waals surface area contributed by atoms with Gasteiger partial charge in [-0.3, -0.25) is 9.48 Å². The standard InChI is InChI=1S/C14H15ClFN3O/c1-8(2)13-7-12(18-19(13)3)14(20)17-9-4-5-11(16)10(15)6-9/h4-8H,1-3H3,(H,17,20). The van der Waals surface area contributed by atoms with Gasteiger partial charge in [0.25, 0.3) is 5.91 Å². The molecule has 1 amide bonds. The largest absolute Gasteiger partial charge is 0.321 e. The number of aromatic nitrogens is 2. The lowest BCUT2D eigenvalue weighted by atomic mass is 10.1. The predicted octanol–water partition coefficient (Wildman–Crippen LogP) is 3.59. The van der Waals surface area contributed by atoms with E-state index in [9.17, 15) is 9.18 Å². The van der Waals surface area contributed by atoms with E-state index in [0.29, 0.717) is 11.4 Å². The van der Waals surface area contributed by atoms with Crippen LogP contribution >= 0.6 is 11.6 Å². The van der Waals surface area contributed by atoms with Crippen LogP contribution in [0.5, 0.6) is 0 Å². The smallest absolute Gasteiger partial charge is 0.276 e. The number of aryl methyl sites for hydroxylation is 1. The summed E-state index contributed by atoms with van der Waals surface area (Å²) in [5.41, 5.74) is 1.71. The van der Waals surface area contributed by atoms with Crippen molar-refractivity contribution < 1.29 is 9.18 Å². The molecule has 0 aliphatic rings. The third kappa shape index (κ3) is 2.99. The van der Waals surface area contributed by atoms with Gasteiger partial charge in [0, 0.05) is 18.4 Å². The molecule has 6 heteroatoms. The van der Waals surface area contributed by atoms with Gasteiger partial charge >= 0.3 is 0 Å². The minimum atomic E-state index is -0.524. The van der Waals surface area contributed by atoms with Crippen LogP contribution < -0.4 is 5.32 Å². The number of hydrogen-bond acceptors (Lipinski definition) is 2. The fourth-order valence-corrected chi connectivity index (χ4v) is 2.08. The molecule has 0 aliphatic heterocycles. The van der Waals surface area contributed by atoms with Crippen molar-refractivity contribution in [3.8, 4) is 0 Å². The summed E-state index contributed by atoms with van der Waals surface area (Å²) in [6.45, 7) is 4.05. The summed E-state index contributed by atoms with van der Waals surface area (Å²) in [6.07, 6.45) is 0. The fraction of sp³-hybridized carbons (Fsp3) is 0.286. The number of nitrogens with one attached hydrogen (secondary N) is 1. The highest BCUT2D eigenvalue weighted by atomic mass is 35.5. The van der Waals surface area contributed by atoms with Crippen LogP contribution in [-0.4, -0.2) is 15.7 Å². The summed E-state index contributed by atoms with van der Waals surface area (Å²) >= 11 is 5.67. The molecule has 106 valence electrons. The minimum Gasteiger partial charge on any atom is -0.321 e. The molecule has 2 aromatic rings. The van der Waals surface area contributed by atoms with Gasteiger partial charge in [-0.15, -0.1) is 0 Å². The van der Waals surface area contributed by atoms with E-state index in [0.717, 1.165) is 5.69 Å². The zero-order chi connectivity index (χ0) is 14.9. The summed E-state index contributed by atoms with van der Waals surface area (Å²) < 4.78 is 14.7. The Morgan fingerprint density at radius 1 is 1.40 bits per heavy atom. The van der Waals surface area contributed by atoms with Crippen molar-refractivity contribution in [3.63, 3.8) is 0 Å². The van der Waals surface area contributed by atoms with Crippen molar-refractivity contribution in [2.45, 2.75) is 19.8 Å². The zero-order valence-corrected chi connectivity index (χ0v) is 12.2. The van der Waals surface area contributed by atoms with Crippen molar-refractivity contribution in [1.29, 1.82) is 0 Å². The Kier molecular flexibility index (Phi) is 4.09. The Labute approximate surface area is 121 Å². The van der Waals surface area contributed by atoms with Crippen LogP contribution in [0.15, 0.2) is 24.3 Å². The van der Waals surface area contributed by atoms with Crippen LogP contribution in [0.3, 0.4) is 0 Å². The van der Waals surface area contributed by atoms with Crippen molar-refractivity contribution in [3.05, 3.63) is 46.5 Å². The number of rotatable bonds is 3. The van der Waals surface area contributed by atoms with Gasteiger partial charge in [-0.25, -0.2) is 4.39 Å². The van der Waals surface area contributed by atoms with Crippen molar-refractivity contribution >= 4 is 23.2 Å². The molecule has 0 bridgehead atoms. The third-order valence-electron chi connectivity index (χ3n) is 2.92. The molecule has 0 aliphatic carbocycles. The van der Waals surface area contributed by atoms with Crippen molar-refractivity contribution in [2.24, 2.45) is 7.05 Å². The van der Waals surface area contributed by atoms with Gasteiger partial charge in [0.15, 0.2) is 5.69 Å². The van der Waals surface area contributed by atoms with Gasteiger partial charge in [-0.05, 0) is 30.2 Å². The van der Waals surface area contributed by atoms with Gasteiger partial charge in [-0.1, -0.05) is 25.4 Å². The van der Waals surface area contributed by atoms with E-state index in [1.54, 1.807) is 17.8 Å². The first-order chi connectivity index (χ1) is 9.38. The number of amides is 1. The molecule has 1 heterocycles. The number of carbonyl (C=O) groups excluding carboxylic acids is 1. The van der Waals surface area contributed by atoms with Gasteiger partial charge in [-0.2, -0.15) is 5.10 Å². The molecule has 1 aromatic heterocycles. The van der Waals surface area contributed by atoms with E-state index in [1.807, 2.05) is 13.8 Å². The fourth-order valence-electron chi connectivity index (χ4n) is 1.90. The first-order valence-electron chi connectivity index (χ1n) is 6.19. The quantitative estimate of drug-likeness (QED) is 0.940. The molecule has 0 radical (unpaired) electrons.